The van der Waals surface area contributed by atoms with Gasteiger partial charge in [-0.3, -0.25) is 4.79 Å². The van der Waals surface area contributed by atoms with Crippen LogP contribution in [0.15, 0.2) is 0 Å². The number of carbonyl (C=O) groups excluding carboxylic acids is 2. The number of fused-ring (bicyclic) bond motifs is 2. The fraction of sp³-hybridized carbons (Fsp3) is 0.897. The summed E-state index contributed by atoms with van der Waals surface area (Å²) in [7, 11) is 1.34. The summed E-state index contributed by atoms with van der Waals surface area (Å²) in [5.74, 6) is 3.85. The van der Waals surface area contributed by atoms with Crippen LogP contribution in [-0.4, -0.2) is 74.0 Å². The third-order valence-corrected chi connectivity index (χ3v) is 15.3. The van der Waals surface area contributed by atoms with Gasteiger partial charge in [-0.25, -0.2) is 4.79 Å². The van der Waals surface area contributed by atoms with Gasteiger partial charge in [-0.05, 0) is 134 Å². The minimum absolute atomic E-state index is 0.0510. The monoisotopic (exact) mass is 655 g/mol. The van der Waals surface area contributed by atoms with Crippen LogP contribution in [-0.2, 0) is 23.7 Å². The highest BCUT2D eigenvalue weighted by Gasteiger charge is 2.84. The number of methoxy groups -OCH3 is 1. The van der Waals surface area contributed by atoms with Gasteiger partial charge in [-0.2, -0.15) is 0 Å². The van der Waals surface area contributed by atoms with Crippen molar-refractivity contribution >= 4 is 12.1 Å². The number of rotatable bonds is 9. The van der Waals surface area contributed by atoms with Crippen molar-refractivity contribution in [2.45, 2.75) is 130 Å². The molecule has 6 aliphatic carbocycles. The predicted molar refractivity (Wildman–Crippen MR) is 179 cm³/mol. The van der Waals surface area contributed by atoms with E-state index in [9.17, 15) is 14.7 Å². The normalized spacial score (nSPS) is 44.4. The van der Waals surface area contributed by atoms with Crippen molar-refractivity contribution in [1.82, 2.24) is 4.90 Å². The van der Waals surface area contributed by atoms with E-state index in [4.69, 9.17) is 14.2 Å². The molecule has 4 unspecified atom stereocenters. The van der Waals surface area contributed by atoms with Crippen molar-refractivity contribution in [1.29, 1.82) is 0 Å². The molecule has 0 aromatic carbocycles. The third kappa shape index (κ3) is 5.63. The van der Waals surface area contributed by atoms with Crippen LogP contribution in [0.5, 0.6) is 0 Å². The zero-order valence-electron chi connectivity index (χ0n) is 29.7. The van der Waals surface area contributed by atoms with Crippen molar-refractivity contribution < 1.29 is 33.6 Å². The number of amides is 1. The van der Waals surface area contributed by atoms with E-state index in [-0.39, 0.29) is 35.2 Å². The Hall–Kier alpha value is -1.82. The molecule has 7 aliphatic rings. The second-order valence-electron chi connectivity index (χ2n) is 17.1. The maximum atomic E-state index is 12.9. The molecule has 6 saturated carbocycles. The van der Waals surface area contributed by atoms with Crippen molar-refractivity contribution in [2.75, 3.05) is 33.4 Å². The van der Waals surface area contributed by atoms with Gasteiger partial charge in [0.2, 0.25) is 5.91 Å². The van der Waals surface area contributed by atoms with Gasteiger partial charge in [0.05, 0.1) is 39.1 Å². The van der Waals surface area contributed by atoms with E-state index >= 15 is 0 Å². The lowest BCUT2D eigenvalue weighted by Crippen LogP contribution is -2.56. The van der Waals surface area contributed by atoms with E-state index < -0.39 is 6.16 Å². The van der Waals surface area contributed by atoms with Crippen molar-refractivity contribution in [3.63, 3.8) is 0 Å². The highest BCUT2D eigenvalue weighted by molar-refractivity contribution is 5.76. The maximum absolute atomic E-state index is 12.9. The molecule has 7 rings (SSSR count). The number of carbonyl (C=O) groups is 2. The summed E-state index contributed by atoms with van der Waals surface area (Å²) >= 11 is 0. The Labute approximate surface area is 283 Å². The fourth-order valence-corrected chi connectivity index (χ4v) is 13.0. The van der Waals surface area contributed by atoms with Gasteiger partial charge in [-0.15, -0.1) is 12.8 Å². The first-order chi connectivity index (χ1) is 22.5. The zero-order valence-corrected chi connectivity index (χ0v) is 29.7. The van der Waals surface area contributed by atoms with E-state index in [0.29, 0.717) is 73.1 Å². The topological polar surface area (TPSA) is 94.5 Å². The van der Waals surface area contributed by atoms with Gasteiger partial charge in [-0.1, -0.05) is 27.7 Å². The average Bonchev–Trinajstić information content (AvgIpc) is 3.95. The molecular formula is C39H61NO7. The highest BCUT2D eigenvalue weighted by Crippen LogP contribution is 2.89. The zero-order chi connectivity index (χ0) is 33.8. The number of terminal acetylenes is 1. The molecule has 2 spiro atoms. The summed E-state index contributed by atoms with van der Waals surface area (Å²) in [4.78, 5) is 26.2. The summed E-state index contributed by atoms with van der Waals surface area (Å²) in [6.45, 7) is 12.2. The number of unbranched alkanes of at least 4 members (excludes halogenated alkanes) is 1. The second kappa shape index (κ2) is 13.1. The first kappa shape index (κ1) is 35.0. The number of aliphatic hydroxyl groups is 1. The molecule has 0 bridgehead atoms. The summed E-state index contributed by atoms with van der Waals surface area (Å²) in [5, 5.41) is 11.5. The van der Waals surface area contributed by atoms with Crippen LogP contribution in [0.3, 0.4) is 0 Å². The Balaban J connectivity index is 0.00000190. The Morgan fingerprint density at radius 1 is 0.979 bits per heavy atom. The van der Waals surface area contributed by atoms with Crippen molar-refractivity contribution in [2.24, 2.45) is 57.2 Å². The van der Waals surface area contributed by atoms with E-state index in [1.807, 2.05) is 4.90 Å². The minimum atomic E-state index is -0.614. The Bertz CT molecular complexity index is 1180. The predicted octanol–water partition coefficient (Wildman–Crippen LogP) is 6.83. The summed E-state index contributed by atoms with van der Waals surface area (Å²) < 4.78 is 22.7. The van der Waals surface area contributed by atoms with Crippen LogP contribution in [0.2, 0.25) is 0 Å². The lowest BCUT2D eigenvalue weighted by molar-refractivity contribution is -0.244. The number of aliphatic hydroxyl groups excluding tert-OH is 1. The molecule has 8 heteroatoms. The molecule has 1 saturated heterocycles. The summed E-state index contributed by atoms with van der Waals surface area (Å²) in [5.41, 5.74) is 1.02. The Kier molecular flexibility index (Phi) is 9.79. The first-order valence-corrected chi connectivity index (χ1v) is 18.8. The lowest BCUT2D eigenvalue weighted by atomic mass is 9.46. The van der Waals surface area contributed by atoms with Gasteiger partial charge in [0.1, 0.15) is 0 Å². The molecule has 47 heavy (non-hydrogen) atoms. The summed E-state index contributed by atoms with van der Waals surface area (Å²) in [6.07, 6.45) is 21.1. The van der Waals surface area contributed by atoms with E-state index in [1.165, 1.54) is 52.1 Å². The summed E-state index contributed by atoms with van der Waals surface area (Å²) in [6, 6.07) is 0. The van der Waals surface area contributed by atoms with Gasteiger partial charge >= 0.3 is 6.16 Å². The number of hydrogen-bond acceptors (Lipinski definition) is 7. The SMILES string of the molecule is C#C.COC(=O)OCCCC[C@H]1[C@H](O)CC2[C@@H]3CCC4C(C)(C)[C@@H](OC5CN(C(=O)CC6CC6)CCO5)CCC45[C@@H](C)[C@@]35CC[C@@]21C. The second-order valence-corrected chi connectivity index (χ2v) is 17.1. The maximum Gasteiger partial charge on any atom is 0.507 e. The number of morpholine rings is 1. The van der Waals surface area contributed by atoms with E-state index in [1.54, 1.807) is 0 Å². The van der Waals surface area contributed by atoms with Gasteiger partial charge in [0, 0.05) is 13.0 Å². The third-order valence-electron chi connectivity index (χ3n) is 15.3. The largest absolute Gasteiger partial charge is 0.507 e. The van der Waals surface area contributed by atoms with Crippen LogP contribution in [0.1, 0.15) is 111 Å². The van der Waals surface area contributed by atoms with Crippen LogP contribution < -0.4 is 0 Å². The van der Waals surface area contributed by atoms with Gasteiger partial charge in [0.25, 0.3) is 0 Å². The molecule has 264 valence electrons. The lowest BCUT2D eigenvalue weighted by Gasteiger charge is -2.59. The van der Waals surface area contributed by atoms with Crippen molar-refractivity contribution in [3.05, 3.63) is 0 Å². The minimum Gasteiger partial charge on any atom is -0.438 e. The molecule has 7 fully saturated rings. The standard InChI is InChI=1S/C37H59NO7.C2H2/c1-23-36-16-15-35(4)26(8-6-7-18-44-33(41)42-5)28(39)21-27(35)25(36)11-12-29-34(2,3)30(13-14-37(23,29)36)45-32-22-38(17-19-43-32)31(40)20-24-9-10-24;1-2/h23-30,32,39H,6-22H2,1-5H3;1-2H/t23-,25-,26-,27?,28+,29?,30-,32?,35+,36-,37?;/m0./s1. The number of hydrogen-bond donors (Lipinski definition) is 1. The number of ether oxygens (including phenoxy) is 4. The first-order valence-electron chi connectivity index (χ1n) is 18.8. The molecule has 1 amide bonds. The quantitative estimate of drug-likeness (QED) is 0.165. The van der Waals surface area contributed by atoms with Crippen molar-refractivity contribution in [3.8, 4) is 12.8 Å². The number of nitrogens with zero attached hydrogens (tertiary/aromatic N) is 1. The van der Waals surface area contributed by atoms with Crippen LogP contribution in [0.4, 0.5) is 4.79 Å². The molecule has 11 atom stereocenters. The smallest absolute Gasteiger partial charge is 0.438 e. The fourth-order valence-electron chi connectivity index (χ4n) is 13.0. The van der Waals surface area contributed by atoms with Crippen LogP contribution in [0.25, 0.3) is 0 Å². The molecule has 8 nitrogen and oxygen atoms in total. The van der Waals surface area contributed by atoms with Gasteiger partial charge in [0.15, 0.2) is 6.29 Å². The van der Waals surface area contributed by atoms with Crippen LogP contribution in [0, 0.1) is 70.0 Å². The Morgan fingerprint density at radius 2 is 1.74 bits per heavy atom. The highest BCUT2D eigenvalue weighted by atomic mass is 16.7. The molecule has 0 radical (unpaired) electrons. The molecule has 1 N–H and O–H groups in total. The van der Waals surface area contributed by atoms with E-state index in [0.717, 1.165) is 38.0 Å². The molecule has 0 aromatic rings. The molecular weight excluding hydrogens is 594 g/mol. The van der Waals surface area contributed by atoms with Crippen LogP contribution >= 0.6 is 0 Å². The van der Waals surface area contributed by atoms with Gasteiger partial charge < -0.3 is 29.0 Å². The molecule has 1 aliphatic heterocycles. The molecule has 0 aromatic heterocycles. The molecule has 1 heterocycles. The van der Waals surface area contributed by atoms with E-state index in [2.05, 4.69) is 45.3 Å². The average molecular weight is 656 g/mol. The Morgan fingerprint density at radius 3 is 2.47 bits per heavy atom.